The van der Waals surface area contributed by atoms with E-state index in [4.69, 9.17) is 5.26 Å². The summed E-state index contributed by atoms with van der Waals surface area (Å²) in [6.07, 6.45) is 12.3. The Hall–Kier alpha value is -3.53. The van der Waals surface area contributed by atoms with Crippen LogP contribution in [0.3, 0.4) is 0 Å². The number of para-hydroxylation sites is 1. The lowest BCUT2D eigenvalue weighted by Crippen LogP contribution is -2.27. The predicted molar refractivity (Wildman–Crippen MR) is 181 cm³/mol. The molecular weight excluding hydrogens is 532 g/mol. The zero-order valence-corrected chi connectivity index (χ0v) is 26.8. The van der Waals surface area contributed by atoms with Crippen LogP contribution in [-0.4, -0.2) is 36.0 Å². The van der Waals surface area contributed by atoms with Gasteiger partial charge in [0.05, 0.1) is 11.0 Å². The van der Waals surface area contributed by atoms with Crippen molar-refractivity contribution in [3.8, 4) is 6.07 Å². The van der Waals surface area contributed by atoms with Crippen LogP contribution >= 0.6 is 0 Å². The molecule has 0 heterocycles. The van der Waals surface area contributed by atoms with Gasteiger partial charge in [0.2, 0.25) is 0 Å². The number of unbranched alkanes of at least 4 members (excludes halogenated alkanes) is 6. The molecule has 234 valence electrons. The minimum Gasteiger partial charge on any atom is -0.316 e. The van der Waals surface area contributed by atoms with Crippen molar-refractivity contribution < 1.29 is 4.92 Å². The standard InChI is InChI=1S/C21H28N2O2.C14H23N.C2H3N/c1-2-3-4-10-16-22(17-15-19-11-6-5-7-12-19)18-20-13-8-9-14-21(20)23(24)25;1-2-3-4-8-12-15-13-11-14-9-6-5-7-10-14;1-2-3/h5-9,11-14H,2-4,10,15-18H2,1H3;5-7,9-10,15H,2-4,8,11-13H2,1H3;1H3. The van der Waals surface area contributed by atoms with Gasteiger partial charge in [0, 0.05) is 31.6 Å². The first-order valence-electron chi connectivity index (χ1n) is 16.1. The van der Waals surface area contributed by atoms with E-state index in [9.17, 15) is 10.1 Å². The first kappa shape index (κ1) is 37.5. The van der Waals surface area contributed by atoms with E-state index in [-0.39, 0.29) is 10.6 Å². The largest absolute Gasteiger partial charge is 0.316 e. The quantitative estimate of drug-likeness (QED) is 0.0860. The van der Waals surface area contributed by atoms with Gasteiger partial charge in [0.1, 0.15) is 0 Å². The molecule has 0 bridgehead atoms. The topological polar surface area (TPSA) is 82.2 Å². The van der Waals surface area contributed by atoms with Gasteiger partial charge in [-0.3, -0.25) is 15.0 Å². The van der Waals surface area contributed by atoms with Crippen molar-refractivity contribution in [1.82, 2.24) is 10.2 Å². The lowest BCUT2D eigenvalue weighted by Gasteiger charge is -2.22. The van der Waals surface area contributed by atoms with Gasteiger partial charge in [0.25, 0.3) is 5.69 Å². The molecule has 0 atom stereocenters. The maximum atomic E-state index is 11.3. The van der Waals surface area contributed by atoms with Crippen LogP contribution in [0, 0.1) is 21.4 Å². The summed E-state index contributed by atoms with van der Waals surface area (Å²) < 4.78 is 0. The Kier molecular flexibility index (Phi) is 22.8. The number of rotatable bonds is 19. The summed E-state index contributed by atoms with van der Waals surface area (Å²) in [5.74, 6) is 0. The highest BCUT2D eigenvalue weighted by Crippen LogP contribution is 2.20. The first-order chi connectivity index (χ1) is 21.0. The fourth-order valence-corrected chi connectivity index (χ4v) is 4.71. The van der Waals surface area contributed by atoms with E-state index >= 15 is 0 Å². The lowest BCUT2D eigenvalue weighted by molar-refractivity contribution is -0.385. The van der Waals surface area contributed by atoms with Crippen LogP contribution in [-0.2, 0) is 19.4 Å². The zero-order chi connectivity index (χ0) is 31.4. The second kappa shape index (κ2) is 26.1. The molecule has 0 saturated heterocycles. The number of nitrogens with one attached hydrogen (secondary N) is 1. The highest BCUT2D eigenvalue weighted by Gasteiger charge is 2.15. The van der Waals surface area contributed by atoms with Crippen molar-refractivity contribution in [1.29, 1.82) is 5.26 Å². The molecule has 0 radical (unpaired) electrons. The molecule has 0 aliphatic carbocycles. The molecule has 6 nitrogen and oxygen atoms in total. The Morgan fingerprint density at radius 2 is 1.26 bits per heavy atom. The van der Waals surface area contributed by atoms with Gasteiger partial charge in [-0.05, 0) is 56.4 Å². The maximum absolute atomic E-state index is 11.3. The molecule has 3 rings (SSSR count). The molecule has 0 spiro atoms. The van der Waals surface area contributed by atoms with E-state index in [1.165, 1.54) is 69.5 Å². The van der Waals surface area contributed by atoms with E-state index < -0.39 is 0 Å². The van der Waals surface area contributed by atoms with Crippen molar-refractivity contribution in [3.05, 3.63) is 112 Å². The summed E-state index contributed by atoms with van der Waals surface area (Å²) in [5, 5.41) is 22.1. The summed E-state index contributed by atoms with van der Waals surface area (Å²) in [4.78, 5) is 13.3. The average molecular weight is 587 g/mol. The SMILES string of the molecule is CC#N.CCCCCCN(CCc1ccccc1)Cc1ccccc1[N+](=O)[O-].CCCCCCNCCc1ccccc1. The second-order valence-electron chi connectivity index (χ2n) is 10.7. The number of nitriles is 1. The minimum absolute atomic E-state index is 0.223. The van der Waals surface area contributed by atoms with Crippen LogP contribution < -0.4 is 5.32 Å². The minimum atomic E-state index is -0.276. The summed E-state index contributed by atoms with van der Waals surface area (Å²) in [6, 6.07) is 29.9. The summed E-state index contributed by atoms with van der Waals surface area (Å²) in [6.45, 7) is 10.7. The average Bonchev–Trinajstić information content (AvgIpc) is 3.03. The molecular formula is C37H54N4O2. The molecule has 3 aromatic rings. The zero-order valence-electron chi connectivity index (χ0n) is 26.8. The Labute approximate surface area is 261 Å². The second-order valence-corrected chi connectivity index (χ2v) is 10.7. The summed E-state index contributed by atoms with van der Waals surface area (Å²) >= 11 is 0. The third-order valence-corrected chi connectivity index (χ3v) is 7.11. The third kappa shape index (κ3) is 19.3. The Morgan fingerprint density at radius 3 is 1.84 bits per heavy atom. The van der Waals surface area contributed by atoms with Crippen LogP contribution in [0.25, 0.3) is 0 Å². The van der Waals surface area contributed by atoms with Crippen LogP contribution in [0.5, 0.6) is 0 Å². The monoisotopic (exact) mass is 586 g/mol. The first-order valence-corrected chi connectivity index (χ1v) is 16.1. The number of nitro groups is 1. The molecule has 0 fully saturated rings. The summed E-state index contributed by atoms with van der Waals surface area (Å²) in [5.41, 5.74) is 3.76. The maximum Gasteiger partial charge on any atom is 0.273 e. The van der Waals surface area contributed by atoms with Crippen LogP contribution in [0.15, 0.2) is 84.9 Å². The van der Waals surface area contributed by atoms with Crippen molar-refractivity contribution in [2.45, 2.75) is 91.5 Å². The van der Waals surface area contributed by atoms with Crippen molar-refractivity contribution in [3.63, 3.8) is 0 Å². The number of benzene rings is 3. The van der Waals surface area contributed by atoms with Crippen molar-refractivity contribution in [2.24, 2.45) is 0 Å². The van der Waals surface area contributed by atoms with Gasteiger partial charge in [-0.25, -0.2) is 0 Å². The highest BCUT2D eigenvalue weighted by molar-refractivity contribution is 5.39. The third-order valence-electron chi connectivity index (χ3n) is 7.11. The van der Waals surface area contributed by atoms with Gasteiger partial charge < -0.3 is 5.32 Å². The van der Waals surface area contributed by atoms with E-state index in [1.54, 1.807) is 18.2 Å². The lowest BCUT2D eigenvalue weighted by atomic mass is 10.1. The molecule has 0 saturated carbocycles. The smallest absolute Gasteiger partial charge is 0.273 e. The fraction of sp³-hybridized carbons (Fsp3) is 0.486. The molecule has 0 aromatic heterocycles. The number of nitro benzene ring substituents is 1. The van der Waals surface area contributed by atoms with E-state index in [0.29, 0.717) is 6.54 Å². The number of hydrogen-bond acceptors (Lipinski definition) is 5. The molecule has 0 aliphatic rings. The van der Waals surface area contributed by atoms with E-state index in [0.717, 1.165) is 44.5 Å². The molecule has 0 aliphatic heterocycles. The van der Waals surface area contributed by atoms with E-state index in [2.05, 4.69) is 78.7 Å². The van der Waals surface area contributed by atoms with Gasteiger partial charge in [0.15, 0.2) is 0 Å². The van der Waals surface area contributed by atoms with Crippen LogP contribution in [0.2, 0.25) is 0 Å². The van der Waals surface area contributed by atoms with E-state index in [1.807, 2.05) is 18.2 Å². The van der Waals surface area contributed by atoms with Crippen LogP contribution in [0.1, 0.15) is 88.8 Å². The predicted octanol–water partition coefficient (Wildman–Crippen LogP) is 9.15. The van der Waals surface area contributed by atoms with Gasteiger partial charge in [-0.15, -0.1) is 0 Å². The van der Waals surface area contributed by atoms with Gasteiger partial charge in [-0.1, -0.05) is 131 Å². The Bertz CT molecular complexity index is 1120. The molecule has 1 N–H and O–H groups in total. The Morgan fingerprint density at radius 1 is 0.721 bits per heavy atom. The fourth-order valence-electron chi connectivity index (χ4n) is 4.71. The van der Waals surface area contributed by atoms with Crippen LogP contribution in [0.4, 0.5) is 5.69 Å². The van der Waals surface area contributed by atoms with Crippen molar-refractivity contribution >= 4 is 5.69 Å². The number of hydrogen-bond donors (Lipinski definition) is 1. The highest BCUT2D eigenvalue weighted by atomic mass is 16.6. The summed E-state index contributed by atoms with van der Waals surface area (Å²) in [7, 11) is 0. The molecule has 0 amide bonds. The molecule has 0 unspecified atom stereocenters. The Balaban J connectivity index is 0.000000436. The van der Waals surface area contributed by atoms with Gasteiger partial charge >= 0.3 is 0 Å². The van der Waals surface area contributed by atoms with Crippen molar-refractivity contribution in [2.75, 3.05) is 26.2 Å². The molecule has 6 heteroatoms. The normalized spacial score (nSPS) is 10.2. The van der Waals surface area contributed by atoms with Gasteiger partial charge in [-0.2, -0.15) is 5.26 Å². The molecule has 3 aromatic carbocycles. The number of nitrogens with zero attached hydrogens (tertiary/aromatic N) is 3. The molecule has 43 heavy (non-hydrogen) atoms.